The topological polar surface area (TPSA) is 56.0 Å². The number of nitrogens with two attached hydrogens (primary N) is 1. The first-order valence-electron chi connectivity index (χ1n) is 7.42. The summed E-state index contributed by atoms with van der Waals surface area (Å²) in [6.45, 7) is 0. The van der Waals surface area contributed by atoms with E-state index in [0.29, 0.717) is 16.9 Å². The van der Waals surface area contributed by atoms with Crippen LogP contribution in [0.1, 0.15) is 16.1 Å². The Balaban J connectivity index is 1.85. The van der Waals surface area contributed by atoms with Gasteiger partial charge in [0.25, 0.3) is 0 Å². The molecule has 0 fully saturated rings. The zero-order valence-electron chi connectivity index (χ0n) is 12.4. The van der Waals surface area contributed by atoms with Gasteiger partial charge in [-0.15, -0.1) is 0 Å². The Bertz CT molecular complexity index is 1050. The van der Waals surface area contributed by atoms with Crippen LogP contribution >= 0.6 is 0 Å². The van der Waals surface area contributed by atoms with Gasteiger partial charge in [-0.05, 0) is 23.6 Å². The molecule has 23 heavy (non-hydrogen) atoms. The smallest absolute Gasteiger partial charge is 0.213 e. The molecule has 0 aliphatic carbocycles. The molecule has 0 spiro atoms. The van der Waals surface area contributed by atoms with Gasteiger partial charge < -0.3 is 5.73 Å². The minimum atomic E-state index is -0.154. The maximum Gasteiger partial charge on any atom is 0.213 e. The van der Waals surface area contributed by atoms with Gasteiger partial charge in [0.15, 0.2) is 0 Å². The SMILES string of the molecule is Nc1c(C(=O)c2ccc3ccccc3n2)ccc2ccccc12. The quantitative estimate of drug-likeness (QED) is 0.445. The number of pyridine rings is 1. The molecule has 0 aliphatic rings. The highest BCUT2D eigenvalue weighted by Crippen LogP contribution is 2.26. The molecule has 3 aromatic carbocycles. The van der Waals surface area contributed by atoms with E-state index in [0.717, 1.165) is 21.7 Å². The average molecular weight is 298 g/mol. The van der Waals surface area contributed by atoms with Gasteiger partial charge >= 0.3 is 0 Å². The lowest BCUT2D eigenvalue weighted by Gasteiger charge is -2.08. The van der Waals surface area contributed by atoms with Gasteiger partial charge in [0.1, 0.15) is 5.69 Å². The number of hydrogen-bond donors (Lipinski definition) is 1. The zero-order chi connectivity index (χ0) is 15.8. The van der Waals surface area contributed by atoms with Gasteiger partial charge in [0.05, 0.1) is 11.2 Å². The molecular weight excluding hydrogens is 284 g/mol. The van der Waals surface area contributed by atoms with Gasteiger partial charge in [-0.3, -0.25) is 4.79 Å². The fraction of sp³-hybridized carbons (Fsp3) is 0. The standard InChI is InChI=1S/C20H14N2O/c21-19-15-7-3-1-5-13(15)9-11-16(19)20(23)18-12-10-14-6-2-4-8-17(14)22-18/h1-12H,21H2. The van der Waals surface area contributed by atoms with Crippen molar-refractivity contribution in [2.24, 2.45) is 0 Å². The van der Waals surface area contributed by atoms with Crippen LogP contribution in [0.4, 0.5) is 5.69 Å². The van der Waals surface area contributed by atoms with Gasteiger partial charge in [0, 0.05) is 16.3 Å². The van der Waals surface area contributed by atoms with Crippen LogP contribution in [0.25, 0.3) is 21.7 Å². The number of nitrogen functional groups attached to an aromatic ring is 1. The summed E-state index contributed by atoms with van der Waals surface area (Å²) in [6.07, 6.45) is 0. The second-order valence-corrected chi connectivity index (χ2v) is 5.47. The van der Waals surface area contributed by atoms with Crippen molar-refractivity contribution in [3.8, 4) is 0 Å². The normalized spacial score (nSPS) is 11.0. The summed E-state index contributed by atoms with van der Waals surface area (Å²) in [5.74, 6) is -0.154. The summed E-state index contributed by atoms with van der Waals surface area (Å²) in [4.78, 5) is 17.3. The lowest BCUT2D eigenvalue weighted by atomic mass is 9.99. The highest BCUT2D eigenvalue weighted by atomic mass is 16.1. The van der Waals surface area contributed by atoms with Crippen molar-refractivity contribution < 1.29 is 4.79 Å². The summed E-state index contributed by atoms with van der Waals surface area (Å²) in [6, 6.07) is 22.9. The first kappa shape index (κ1) is 13.5. The molecule has 0 saturated heterocycles. The molecule has 1 heterocycles. The summed E-state index contributed by atoms with van der Waals surface area (Å²) in [5.41, 5.74) is 8.43. The minimum Gasteiger partial charge on any atom is -0.398 e. The van der Waals surface area contributed by atoms with Crippen LogP contribution in [0.5, 0.6) is 0 Å². The average Bonchev–Trinajstić information content (AvgIpc) is 2.61. The molecule has 0 atom stereocenters. The third-order valence-electron chi connectivity index (χ3n) is 4.05. The molecule has 3 nitrogen and oxygen atoms in total. The Kier molecular flexibility index (Phi) is 3.05. The molecular formula is C20H14N2O. The maximum absolute atomic E-state index is 12.8. The largest absolute Gasteiger partial charge is 0.398 e. The Labute approximate surface area is 133 Å². The van der Waals surface area contributed by atoms with Crippen molar-refractivity contribution in [2.45, 2.75) is 0 Å². The number of benzene rings is 3. The van der Waals surface area contributed by atoms with Crippen LogP contribution in [0.3, 0.4) is 0 Å². The molecule has 4 aromatic rings. The van der Waals surface area contributed by atoms with E-state index in [2.05, 4.69) is 4.98 Å². The van der Waals surface area contributed by atoms with Gasteiger partial charge in [-0.2, -0.15) is 0 Å². The fourth-order valence-electron chi connectivity index (χ4n) is 2.82. The van der Waals surface area contributed by atoms with E-state index < -0.39 is 0 Å². The number of hydrogen-bond acceptors (Lipinski definition) is 3. The van der Waals surface area contributed by atoms with E-state index in [1.807, 2.05) is 60.7 Å². The number of aromatic nitrogens is 1. The van der Waals surface area contributed by atoms with E-state index in [9.17, 15) is 4.79 Å². The van der Waals surface area contributed by atoms with Crippen LogP contribution in [0, 0.1) is 0 Å². The Hall–Kier alpha value is -3.20. The number of carbonyl (C=O) groups is 1. The summed E-state index contributed by atoms with van der Waals surface area (Å²) < 4.78 is 0. The number of anilines is 1. The molecule has 0 amide bonds. The highest BCUT2D eigenvalue weighted by Gasteiger charge is 2.15. The van der Waals surface area contributed by atoms with Crippen molar-refractivity contribution in [3.63, 3.8) is 0 Å². The summed E-state index contributed by atoms with van der Waals surface area (Å²) in [7, 11) is 0. The van der Waals surface area contributed by atoms with Crippen molar-refractivity contribution in [3.05, 3.63) is 84.1 Å². The van der Waals surface area contributed by atoms with Crippen LogP contribution < -0.4 is 5.73 Å². The first-order valence-corrected chi connectivity index (χ1v) is 7.42. The molecule has 4 rings (SSSR count). The van der Waals surface area contributed by atoms with Gasteiger partial charge in [-0.25, -0.2) is 4.98 Å². The van der Waals surface area contributed by atoms with Gasteiger partial charge in [-0.1, -0.05) is 54.6 Å². The van der Waals surface area contributed by atoms with E-state index in [1.54, 1.807) is 12.1 Å². The third-order valence-corrected chi connectivity index (χ3v) is 4.05. The molecule has 110 valence electrons. The van der Waals surface area contributed by atoms with Crippen molar-refractivity contribution in [1.29, 1.82) is 0 Å². The van der Waals surface area contributed by atoms with Crippen molar-refractivity contribution in [2.75, 3.05) is 5.73 Å². The summed E-state index contributed by atoms with van der Waals surface area (Å²) in [5, 5.41) is 2.92. The first-order chi connectivity index (χ1) is 11.2. The Morgan fingerprint density at radius 1 is 0.783 bits per heavy atom. The predicted octanol–water partition coefficient (Wildman–Crippen LogP) is 4.20. The van der Waals surface area contributed by atoms with E-state index >= 15 is 0 Å². The number of fused-ring (bicyclic) bond motifs is 2. The van der Waals surface area contributed by atoms with Crippen LogP contribution in [0.15, 0.2) is 72.8 Å². The van der Waals surface area contributed by atoms with Crippen LogP contribution in [-0.2, 0) is 0 Å². The molecule has 0 saturated carbocycles. The van der Waals surface area contributed by atoms with E-state index in [4.69, 9.17) is 5.73 Å². The van der Waals surface area contributed by atoms with Crippen molar-refractivity contribution in [1.82, 2.24) is 4.98 Å². The van der Waals surface area contributed by atoms with E-state index in [-0.39, 0.29) is 5.78 Å². The number of para-hydroxylation sites is 1. The molecule has 0 aliphatic heterocycles. The Morgan fingerprint density at radius 3 is 2.35 bits per heavy atom. The lowest BCUT2D eigenvalue weighted by Crippen LogP contribution is -2.07. The monoisotopic (exact) mass is 298 g/mol. The van der Waals surface area contributed by atoms with Crippen LogP contribution in [-0.4, -0.2) is 10.8 Å². The summed E-state index contributed by atoms with van der Waals surface area (Å²) >= 11 is 0. The maximum atomic E-state index is 12.8. The minimum absolute atomic E-state index is 0.154. The molecule has 1 aromatic heterocycles. The molecule has 3 heteroatoms. The second kappa shape index (κ2) is 5.21. The van der Waals surface area contributed by atoms with Crippen molar-refractivity contribution >= 4 is 33.1 Å². The number of nitrogens with zero attached hydrogens (tertiary/aromatic N) is 1. The number of carbonyl (C=O) groups excluding carboxylic acids is 1. The van der Waals surface area contributed by atoms with Crippen LogP contribution in [0.2, 0.25) is 0 Å². The number of ketones is 1. The molecule has 0 radical (unpaired) electrons. The molecule has 0 unspecified atom stereocenters. The fourth-order valence-corrected chi connectivity index (χ4v) is 2.82. The Morgan fingerprint density at radius 2 is 1.48 bits per heavy atom. The van der Waals surface area contributed by atoms with Gasteiger partial charge in [0.2, 0.25) is 5.78 Å². The third kappa shape index (κ3) is 2.23. The molecule has 2 N–H and O–H groups in total. The predicted molar refractivity (Wildman–Crippen MR) is 93.5 cm³/mol. The number of rotatable bonds is 2. The zero-order valence-corrected chi connectivity index (χ0v) is 12.4. The second-order valence-electron chi connectivity index (χ2n) is 5.47. The van der Waals surface area contributed by atoms with E-state index in [1.165, 1.54) is 0 Å². The lowest BCUT2D eigenvalue weighted by molar-refractivity contribution is 0.103. The molecule has 0 bridgehead atoms. The highest BCUT2D eigenvalue weighted by molar-refractivity contribution is 6.15.